The molecule has 1 unspecified atom stereocenters. The van der Waals surface area contributed by atoms with Gasteiger partial charge in [-0.2, -0.15) is 0 Å². The van der Waals surface area contributed by atoms with Gasteiger partial charge < -0.3 is 11.1 Å². The van der Waals surface area contributed by atoms with Gasteiger partial charge in [0, 0.05) is 18.8 Å². The average Bonchev–Trinajstić information content (AvgIpc) is 2.15. The van der Waals surface area contributed by atoms with Crippen molar-refractivity contribution in [3.8, 4) is 0 Å². The van der Waals surface area contributed by atoms with Crippen molar-refractivity contribution in [3.63, 3.8) is 0 Å². The molecule has 0 fully saturated rings. The van der Waals surface area contributed by atoms with Crippen LogP contribution in [0.5, 0.6) is 0 Å². The Bertz CT molecular complexity index is 271. The van der Waals surface area contributed by atoms with Crippen LogP contribution in [0.15, 0.2) is 24.4 Å². The van der Waals surface area contributed by atoms with Crippen molar-refractivity contribution in [2.75, 3.05) is 6.54 Å². The fraction of sp³-hybridized carbons (Fsp3) is 0.333. The minimum absolute atomic E-state index is 0.0346. The molecule has 4 heteroatoms. The second kappa shape index (κ2) is 4.57. The van der Waals surface area contributed by atoms with E-state index in [9.17, 15) is 4.79 Å². The number of nitrogens with two attached hydrogens (primary N) is 1. The third-order valence-corrected chi connectivity index (χ3v) is 1.48. The summed E-state index contributed by atoms with van der Waals surface area (Å²) in [6.45, 7) is 2.30. The number of hydrogen-bond donors (Lipinski definition) is 2. The Morgan fingerprint density at radius 3 is 3.00 bits per heavy atom. The van der Waals surface area contributed by atoms with Crippen LogP contribution >= 0.6 is 0 Å². The van der Waals surface area contributed by atoms with Gasteiger partial charge in [0.2, 0.25) is 0 Å². The fourth-order valence-electron chi connectivity index (χ4n) is 0.841. The Balaban J connectivity index is 2.50. The minimum Gasteiger partial charge on any atom is -0.349 e. The molecular weight excluding hydrogens is 166 g/mol. The van der Waals surface area contributed by atoms with Gasteiger partial charge in [0.25, 0.3) is 5.91 Å². The van der Waals surface area contributed by atoms with Crippen LogP contribution in [-0.2, 0) is 0 Å². The molecule has 1 atom stereocenters. The number of carbonyl (C=O) groups is 1. The van der Waals surface area contributed by atoms with Gasteiger partial charge in [0.1, 0.15) is 5.69 Å². The molecule has 0 spiro atoms. The number of rotatable bonds is 3. The second-order valence-corrected chi connectivity index (χ2v) is 2.90. The van der Waals surface area contributed by atoms with E-state index in [1.165, 1.54) is 0 Å². The number of pyridine rings is 1. The summed E-state index contributed by atoms with van der Waals surface area (Å²) in [5, 5.41) is 2.67. The first kappa shape index (κ1) is 9.67. The molecule has 3 N–H and O–H groups in total. The lowest BCUT2D eigenvalue weighted by Crippen LogP contribution is -2.35. The molecule has 4 nitrogen and oxygen atoms in total. The maximum absolute atomic E-state index is 11.3. The molecule has 0 saturated heterocycles. The summed E-state index contributed by atoms with van der Waals surface area (Å²) in [7, 11) is 0. The molecule has 13 heavy (non-hydrogen) atoms. The molecule has 0 radical (unpaired) electrons. The molecule has 1 aromatic rings. The van der Waals surface area contributed by atoms with Crippen molar-refractivity contribution in [2.45, 2.75) is 13.0 Å². The van der Waals surface area contributed by atoms with E-state index >= 15 is 0 Å². The molecular formula is C9H13N3O. The van der Waals surface area contributed by atoms with Gasteiger partial charge in [-0.25, -0.2) is 0 Å². The molecule has 70 valence electrons. The highest BCUT2D eigenvalue weighted by molar-refractivity contribution is 5.92. The third-order valence-electron chi connectivity index (χ3n) is 1.48. The highest BCUT2D eigenvalue weighted by Gasteiger charge is 2.05. The Labute approximate surface area is 77.2 Å². The van der Waals surface area contributed by atoms with Gasteiger partial charge in [-0.05, 0) is 19.1 Å². The minimum atomic E-state index is -0.182. The molecule has 0 saturated carbocycles. The molecule has 1 rings (SSSR count). The van der Waals surface area contributed by atoms with E-state index in [1.54, 1.807) is 24.4 Å². The van der Waals surface area contributed by atoms with E-state index in [4.69, 9.17) is 5.73 Å². The predicted molar refractivity (Wildman–Crippen MR) is 50.2 cm³/mol. The van der Waals surface area contributed by atoms with Crippen LogP contribution in [0.25, 0.3) is 0 Å². The smallest absolute Gasteiger partial charge is 0.269 e. The highest BCUT2D eigenvalue weighted by atomic mass is 16.1. The zero-order chi connectivity index (χ0) is 9.68. The van der Waals surface area contributed by atoms with Crippen molar-refractivity contribution in [1.29, 1.82) is 0 Å². The summed E-state index contributed by atoms with van der Waals surface area (Å²) in [6, 6.07) is 5.17. The van der Waals surface area contributed by atoms with Crippen LogP contribution < -0.4 is 11.1 Å². The summed E-state index contributed by atoms with van der Waals surface area (Å²) < 4.78 is 0. The van der Waals surface area contributed by atoms with Crippen molar-refractivity contribution >= 4 is 5.91 Å². The van der Waals surface area contributed by atoms with E-state index in [2.05, 4.69) is 10.3 Å². The Kier molecular flexibility index (Phi) is 3.40. The first-order chi connectivity index (χ1) is 6.20. The molecule has 0 aliphatic carbocycles. The van der Waals surface area contributed by atoms with Crippen LogP contribution in [-0.4, -0.2) is 23.5 Å². The quantitative estimate of drug-likeness (QED) is 0.694. The predicted octanol–water partition coefficient (Wildman–Crippen LogP) is 0.159. The number of nitrogens with zero attached hydrogens (tertiary/aromatic N) is 1. The third kappa shape index (κ3) is 3.21. The lowest BCUT2D eigenvalue weighted by atomic mass is 10.3. The zero-order valence-corrected chi connectivity index (χ0v) is 7.53. The SMILES string of the molecule is CC(N)CNC(=O)c1ccccn1. The van der Waals surface area contributed by atoms with Crippen molar-refractivity contribution in [2.24, 2.45) is 5.73 Å². The number of aromatic nitrogens is 1. The Morgan fingerprint density at radius 2 is 2.46 bits per heavy atom. The Hall–Kier alpha value is -1.42. The van der Waals surface area contributed by atoms with Crippen molar-refractivity contribution in [1.82, 2.24) is 10.3 Å². The van der Waals surface area contributed by atoms with Crippen LogP contribution in [0.2, 0.25) is 0 Å². The maximum Gasteiger partial charge on any atom is 0.269 e. The van der Waals surface area contributed by atoms with Crippen molar-refractivity contribution in [3.05, 3.63) is 30.1 Å². The molecule has 0 aliphatic rings. The number of amides is 1. The standard InChI is InChI=1S/C9H13N3O/c1-7(10)6-12-9(13)8-4-2-3-5-11-8/h2-5,7H,6,10H2,1H3,(H,12,13). The largest absolute Gasteiger partial charge is 0.349 e. The van der Waals surface area contributed by atoms with Gasteiger partial charge in [-0.1, -0.05) is 6.07 Å². The van der Waals surface area contributed by atoms with E-state index in [0.717, 1.165) is 0 Å². The topological polar surface area (TPSA) is 68.0 Å². The van der Waals surface area contributed by atoms with Gasteiger partial charge in [0.15, 0.2) is 0 Å². The molecule has 0 aliphatic heterocycles. The number of hydrogen-bond acceptors (Lipinski definition) is 3. The molecule has 1 heterocycles. The Morgan fingerprint density at radius 1 is 1.69 bits per heavy atom. The monoisotopic (exact) mass is 179 g/mol. The van der Waals surface area contributed by atoms with Gasteiger partial charge in [-0.3, -0.25) is 9.78 Å². The summed E-state index contributed by atoms with van der Waals surface area (Å²) in [5.41, 5.74) is 5.90. The summed E-state index contributed by atoms with van der Waals surface area (Å²) in [5.74, 6) is -0.182. The van der Waals surface area contributed by atoms with E-state index < -0.39 is 0 Å². The van der Waals surface area contributed by atoms with Crippen LogP contribution in [0.4, 0.5) is 0 Å². The lowest BCUT2D eigenvalue weighted by Gasteiger charge is -2.06. The van der Waals surface area contributed by atoms with Gasteiger partial charge in [-0.15, -0.1) is 0 Å². The van der Waals surface area contributed by atoms with Crippen LogP contribution in [0.1, 0.15) is 17.4 Å². The molecule has 0 bridgehead atoms. The van der Waals surface area contributed by atoms with Crippen molar-refractivity contribution < 1.29 is 4.79 Å². The molecule has 1 amide bonds. The zero-order valence-electron chi connectivity index (χ0n) is 7.53. The van der Waals surface area contributed by atoms with Crippen LogP contribution in [0, 0.1) is 0 Å². The summed E-state index contributed by atoms with van der Waals surface area (Å²) in [6.07, 6.45) is 1.58. The molecule has 0 aromatic carbocycles. The first-order valence-electron chi connectivity index (χ1n) is 4.15. The lowest BCUT2D eigenvalue weighted by molar-refractivity contribution is 0.0947. The normalized spacial score (nSPS) is 12.2. The fourth-order valence-corrected chi connectivity index (χ4v) is 0.841. The highest BCUT2D eigenvalue weighted by Crippen LogP contribution is 1.92. The van der Waals surface area contributed by atoms with E-state index in [-0.39, 0.29) is 11.9 Å². The van der Waals surface area contributed by atoms with E-state index in [1.807, 2.05) is 6.92 Å². The first-order valence-corrected chi connectivity index (χ1v) is 4.15. The molecule has 1 aromatic heterocycles. The van der Waals surface area contributed by atoms with Gasteiger partial charge >= 0.3 is 0 Å². The maximum atomic E-state index is 11.3. The van der Waals surface area contributed by atoms with E-state index in [0.29, 0.717) is 12.2 Å². The van der Waals surface area contributed by atoms with Gasteiger partial charge in [0.05, 0.1) is 0 Å². The summed E-state index contributed by atoms with van der Waals surface area (Å²) in [4.78, 5) is 15.2. The average molecular weight is 179 g/mol. The number of nitrogens with one attached hydrogen (secondary N) is 1. The van der Waals surface area contributed by atoms with Crippen LogP contribution in [0.3, 0.4) is 0 Å². The second-order valence-electron chi connectivity index (χ2n) is 2.90. The summed E-state index contributed by atoms with van der Waals surface area (Å²) >= 11 is 0. The number of carbonyl (C=O) groups excluding carboxylic acids is 1.